The van der Waals surface area contributed by atoms with Crippen molar-refractivity contribution in [2.45, 2.75) is 36.2 Å². The third kappa shape index (κ3) is 7.97. The van der Waals surface area contributed by atoms with E-state index in [0.29, 0.717) is 28.0 Å². The first-order valence-corrected chi connectivity index (χ1v) is 20.0. The lowest BCUT2D eigenvalue weighted by molar-refractivity contribution is -0.255. The Hall–Kier alpha value is -6.63. The Balaban J connectivity index is 1.05. The van der Waals surface area contributed by atoms with Gasteiger partial charge in [-0.1, -0.05) is 139 Å². The van der Waals surface area contributed by atoms with Gasteiger partial charge in [-0.15, -0.1) is 0 Å². The van der Waals surface area contributed by atoms with E-state index in [9.17, 15) is 19.5 Å². The number of nitrogens with one attached hydrogen (secondary N) is 1. The fraction of sp³-hybridized carbons (Fsp3) is 0.125. The zero-order chi connectivity index (χ0) is 40.3. The number of oxazole rings is 1. The summed E-state index contributed by atoms with van der Waals surface area (Å²) in [4.78, 5) is 42.5. The van der Waals surface area contributed by atoms with Crippen LogP contribution < -0.4 is 5.32 Å². The lowest BCUT2D eigenvalue weighted by Crippen LogP contribution is -2.38. The summed E-state index contributed by atoms with van der Waals surface area (Å²) >= 11 is 1.47. The molecule has 4 unspecified atom stereocenters. The molecular weight excluding hydrogens is 765 g/mol. The highest BCUT2D eigenvalue weighted by Gasteiger charge is 2.42. The van der Waals surface area contributed by atoms with Crippen LogP contribution in [-0.2, 0) is 20.8 Å². The normalized spacial score (nSPS) is 18.6. The molecule has 11 heteroatoms. The smallest absolute Gasteiger partial charge is 0.346 e. The number of esters is 2. The number of carbonyl (C=O) groups excluding carboxylic acids is 3. The number of benzene rings is 6. The highest BCUT2D eigenvalue weighted by molar-refractivity contribution is 7.99. The predicted molar refractivity (Wildman–Crippen MR) is 222 cm³/mol. The van der Waals surface area contributed by atoms with Gasteiger partial charge in [-0.3, -0.25) is 4.79 Å². The van der Waals surface area contributed by atoms with Crippen LogP contribution in [0.5, 0.6) is 0 Å². The van der Waals surface area contributed by atoms with Crippen molar-refractivity contribution in [3.63, 3.8) is 0 Å². The minimum Gasteiger partial charge on any atom is -0.431 e. The number of cyclic esters (lactones) is 2. The molecule has 0 saturated carbocycles. The van der Waals surface area contributed by atoms with Gasteiger partial charge in [-0.2, -0.15) is 0 Å². The first-order chi connectivity index (χ1) is 28.9. The molecular formula is C48H36N2O8S. The molecule has 1 amide bonds. The molecule has 0 aliphatic carbocycles. The molecule has 3 heterocycles. The van der Waals surface area contributed by atoms with Crippen molar-refractivity contribution in [2.75, 3.05) is 11.1 Å². The fourth-order valence-electron chi connectivity index (χ4n) is 7.44. The largest absolute Gasteiger partial charge is 0.431 e. The molecule has 1 saturated heterocycles. The predicted octanol–water partition coefficient (Wildman–Crippen LogP) is 9.80. The van der Waals surface area contributed by atoms with Crippen LogP contribution in [0.25, 0.3) is 22.6 Å². The van der Waals surface area contributed by atoms with Gasteiger partial charge < -0.3 is 29.1 Å². The van der Waals surface area contributed by atoms with Crippen LogP contribution in [0.15, 0.2) is 167 Å². The molecule has 292 valence electrons. The van der Waals surface area contributed by atoms with Crippen LogP contribution >= 0.6 is 11.8 Å². The van der Waals surface area contributed by atoms with Crippen LogP contribution in [0.3, 0.4) is 0 Å². The molecule has 1 aromatic heterocycles. The molecule has 6 aromatic carbocycles. The number of aliphatic hydroxyl groups is 1. The quantitative estimate of drug-likeness (QED) is 0.0739. The van der Waals surface area contributed by atoms with Crippen molar-refractivity contribution in [1.82, 2.24) is 4.98 Å². The van der Waals surface area contributed by atoms with Crippen LogP contribution in [0.4, 0.5) is 5.69 Å². The van der Waals surface area contributed by atoms with Gasteiger partial charge in [0, 0.05) is 39.6 Å². The van der Waals surface area contributed by atoms with Gasteiger partial charge in [0.2, 0.25) is 0 Å². The maximum atomic E-state index is 13.4. The van der Waals surface area contributed by atoms with Crippen molar-refractivity contribution >= 4 is 35.3 Å². The van der Waals surface area contributed by atoms with Crippen molar-refractivity contribution in [3.05, 3.63) is 197 Å². The van der Waals surface area contributed by atoms with E-state index in [4.69, 9.17) is 23.6 Å². The number of aliphatic hydroxyl groups excluding tert-OH is 1. The maximum Gasteiger partial charge on any atom is 0.346 e. The Morgan fingerprint density at radius 2 is 1.36 bits per heavy atom. The summed E-state index contributed by atoms with van der Waals surface area (Å²) in [5.74, 6) is -1.13. The molecule has 10 nitrogen and oxygen atoms in total. The highest BCUT2D eigenvalue weighted by atomic mass is 32.2. The van der Waals surface area contributed by atoms with Gasteiger partial charge in [0.25, 0.3) is 11.1 Å². The van der Waals surface area contributed by atoms with Crippen molar-refractivity contribution in [3.8, 4) is 22.6 Å². The fourth-order valence-corrected chi connectivity index (χ4v) is 8.33. The van der Waals surface area contributed by atoms with Crippen molar-refractivity contribution < 1.29 is 38.1 Å². The monoisotopic (exact) mass is 800 g/mol. The number of carbonyl (C=O) groups is 3. The van der Waals surface area contributed by atoms with E-state index in [2.05, 4.69) is 17.4 Å². The Kier molecular flexibility index (Phi) is 10.7. The second-order valence-corrected chi connectivity index (χ2v) is 15.1. The van der Waals surface area contributed by atoms with E-state index in [-0.39, 0.29) is 29.2 Å². The Bertz CT molecular complexity index is 2580. The minimum absolute atomic E-state index is 0.0488. The molecule has 0 radical (unpaired) electrons. The number of fused-ring (bicyclic) bond motifs is 1. The van der Waals surface area contributed by atoms with Gasteiger partial charge >= 0.3 is 11.9 Å². The standard InChI is InChI=1S/C48H36N2O8S/c51-27-29-19-21-33(22-20-29)42-40(30-11-4-1-5-12-30)39(28-59-48-50-41(31-13-6-2-7-14-31)43(57-48)32-15-8-3-9-16-32)55-47(56-42)35-17-10-18-36(25-35)49-44(52)34-23-24-37-38(26-34)46(54)58-45(37)53/h1-26,39-40,42,47,51H,27-28H2,(H,49,52). The summed E-state index contributed by atoms with van der Waals surface area (Å²) in [5.41, 5.74) is 6.83. The first kappa shape index (κ1) is 37.9. The van der Waals surface area contributed by atoms with Gasteiger partial charge in [0.15, 0.2) is 12.1 Å². The van der Waals surface area contributed by atoms with E-state index < -0.39 is 36.3 Å². The third-order valence-corrected chi connectivity index (χ3v) is 11.3. The van der Waals surface area contributed by atoms with Crippen LogP contribution in [0, 0.1) is 0 Å². The van der Waals surface area contributed by atoms with Crippen LogP contribution in [-0.4, -0.2) is 39.8 Å². The number of aromatic nitrogens is 1. The van der Waals surface area contributed by atoms with Crippen LogP contribution in [0.2, 0.25) is 0 Å². The van der Waals surface area contributed by atoms with Gasteiger partial charge in [0.05, 0.1) is 29.9 Å². The summed E-state index contributed by atoms with van der Waals surface area (Å²) < 4.78 is 25.1. The number of amides is 1. The SMILES string of the molecule is O=C(Nc1cccc(C2OC(CSc3nc(-c4ccccc4)c(-c4ccccc4)o3)C(c3ccccc3)C(c3ccc(CO)cc3)O2)c1)c1ccc2c(c1)C(=O)OC2=O. The Morgan fingerprint density at radius 1 is 0.678 bits per heavy atom. The number of ether oxygens (including phenoxy) is 3. The molecule has 0 bridgehead atoms. The minimum atomic E-state index is -0.856. The number of hydrogen-bond acceptors (Lipinski definition) is 10. The number of anilines is 1. The summed E-state index contributed by atoms with van der Waals surface area (Å²) in [7, 11) is 0. The third-order valence-electron chi connectivity index (χ3n) is 10.4. The first-order valence-electron chi connectivity index (χ1n) is 19.0. The van der Waals surface area contributed by atoms with Crippen molar-refractivity contribution in [1.29, 1.82) is 0 Å². The molecule has 7 aromatic rings. The summed E-state index contributed by atoms with van der Waals surface area (Å²) in [6.45, 7) is -0.0861. The zero-order valence-electron chi connectivity index (χ0n) is 31.4. The Morgan fingerprint density at radius 3 is 2.08 bits per heavy atom. The van der Waals surface area contributed by atoms with E-state index in [1.807, 2.05) is 109 Å². The van der Waals surface area contributed by atoms with Gasteiger partial charge in [-0.05, 0) is 47.0 Å². The lowest BCUT2D eigenvalue weighted by Gasteiger charge is -2.43. The molecule has 4 atom stereocenters. The Labute approximate surface area is 343 Å². The number of hydrogen-bond donors (Lipinski definition) is 2. The van der Waals surface area contributed by atoms with E-state index in [0.717, 1.165) is 33.5 Å². The molecule has 9 rings (SSSR count). The second-order valence-electron chi connectivity index (χ2n) is 14.1. The highest BCUT2D eigenvalue weighted by Crippen LogP contribution is 2.48. The summed E-state index contributed by atoms with van der Waals surface area (Å²) in [6.07, 6.45) is -1.76. The summed E-state index contributed by atoms with van der Waals surface area (Å²) in [6, 6.07) is 49.2. The molecule has 59 heavy (non-hydrogen) atoms. The molecule has 1 fully saturated rings. The average Bonchev–Trinajstić information content (AvgIpc) is 3.85. The number of rotatable bonds is 11. The molecule has 2 N–H and O–H groups in total. The second kappa shape index (κ2) is 16.7. The maximum absolute atomic E-state index is 13.4. The molecule has 2 aliphatic heterocycles. The molecule has 2 aliphatic rings. The van der Waals surface area contributed by atoms with Crippen LogP contribution in [0.1, 0.15) is 71.6 Å². The van der Waals surface area contributed by atoms with Gasteiger partial charge in [0.1, 0.15) is 5.69 Å². The van der Waals surface area contributed by atoms with Crippen molar-refractivity contribution in [2.24, 2.45) is 0 Å². The topological polar surface area (TPSA) is 137 Å². The summed E-state index contributed by atoms with van der Waals surface area (Å²) in [5, 5.41) is 13.2. The molecule has 0 spiro atoms. The van der Waals surface area contributed by atoms with Gasteiger partial charge in [-0.25, -0.2) is 14.6 Å². The average molecular weight is 801 g/mol. The van der Waals surface area contributed by atoms with E-state index in [1.165, 1.54) is 30.0 Å². The zero-order valence-corrected chi connectivity index (χ0v) is 32.2. The number of thioether (sulfide) groups is 1. The number of nitrogens with zero attached hydrogens (tertiary/aromatic N) is 1. The van der Waals surface area contributed by atoms with E-state index >= 15 is 0 Å². The van der Waals surface area contributed by atoms with E-state index in [1.54, 1.807) is 18.2 Å². The lowest BCUT2D eigenvalue weighted by atomic mass is 9.84.